The highest BCUT2D eigenvalue weighted by Gasteiger charge is 2.38. The van der Waals surface area contributed by atoms with E-state index in [0.717, 1.165) is 31.8 Å². The first-order valence-electron chi connectivity index (χ1n) is 8.29. The van der Waals surface area contributed by atoms with Crippen molar-refractivity contribution in [2.45, 2.75) is 77.9 Å². The predicted molar refractivity (Wildman–Crippen MR) is 84.1 cm³/mol. The van der Waals surface area contributed by atoms with Crippen LogP contribution in [0.15, 0.2) is 11.6 Å². The first kappa shape index (κ1) is 24.2. The number of rotatable bonds is 11. The van der Waals surface area contributed by atoms with Crippen LogP contribution in [-0.2, 0) is 9.47 Å². The molecular weight excluding hydrogens is 350 g/mol. The van der Waals surface area contributed by atoms with E-state index < -0.39 is 31.4 Å². The van der Waals surface area contributed by atoms with Gasteiger partial charge in [-0.3, -0.25) is 0 Å². The SMILES string of the molecule is C/C(=C/CCC(C)(OCC(F)(F)F)OCC(F)(F)F)CCCC(C)C. The molecular formula is C17H28F6O2. The van der Waals surface area contributed by atoms with Crippen molar-refractivity contribution < 1.29 is 35.8 Å². The number of hydrogen-bond donors (Lipinski definition) is 0. The molecule has 0 atom stereocenters. The second kappa shape index (κ2) is 10.4. The van der Waals surface area contributed by atoms with Gasteiger partial charge in [0, 0.05) is 6.42 Å². The van der Waals surface area contributed by atoms with Crippen LogP contribution >= 0.6 is 0 Å². The normalized spacial score (nSPS) is 14.4. The fraction of sp³-hybridized carbons (Fsp3) is 0.882. The lowest BCUT2D eigenvalue weighted by Gasteiger charge is -2.30. The van der Waals surface area contributed by atoms with Crippen LogP contribution in [0.4, 0.5) is 26.3 Å². The van der Waals surface area contributed by atoms with Gasteiger partial charge in [-0.25, -0.2) is 0 Å². The molecule has 150 valence electrons. The zero-order valence-corrected chi connectivity index (χ0v) is 15.2. The van der Waals surface area contributed by atoms with Gasteiger partial charge in [-0.15, -0.1) is 0 Å². The van der Waals surface area contributed by atoms with E-state index in [9.17, 15) is 26.3 Å². The summed E-state index contributed by atoms with van der Waals surface area (Å²) in [6, 6.07) is 0. The third kappa shape index (κ3) is 15.2. The molecule has 25 heavy (non-hydrogen) atoms. The molecule has 0 aliphatic rings. The Morgan fingerprint density at radius 2 is 1.44 bits per heavy atom. The molecule has 0 heterocycles. The summed E-state index contributed by atoms with van der Waals surface area (Å²) in [4.78, 5) is 0. The maximum absolute atomic E-state index is 12.3. The van der Waals surface area contributed by atoms with Gasteiger partial charge in [0.25, 0.3) is 0 Å². The van der Waals surface area contributed by atoms with E-state index in [1.165, 1.54) is 0 Å². The zero-order valence-electron chi connectivity index (χ0n) is 15.2. The molecule has 8 heteroatoms. The fourth-order valence-corrected chi connectivity index (χ4v) is 2.13. The van der Waals surface area contributed by atoms with Crippen molar-refractivity contribution in [3.63, 3.8) is 0 Å². The quantitative estimate of drug-likeness (QED) is 0.235. The van der Waals surface area contributed by atoms with Crippen molar-refractivity contribution in [2.24, 2.45) is 5.92 Å². The van der Waals surface area contributed by atoms with Crippen LogP contribution < -0.4 is 0 Å². The van der Waals surface area contributed by atoms with Crippen LogP contribution in [0.25, 0.3) is 0 Å². The molecule has 0 spiro atoms. The molecule has 0 aliphatic carbocycles. The van der Waals surface area contributed by atoms with Gasteiger partial charge < -0.3 is 9.47 Å². The van der Waals surface area contributed by atoms with E-state index in [1.807, 2.05) is 13.0 Å². The minimum atomic E-state index is -4.63. The second-order valence-electron chi connectivity index (χ2n) is 6.82. The van der Waals surface area contributed by atoms with Gasteiger partial charge in [0.05, 0.1) is 0 Å². The zero-order chi connectivity index (χ0) is 19.7. The summed E-state index contributed by atoms with van der Waals surface area (Å²) in [6.07, 6.45) is -4.37. The summed E-state index contributed by atoms with van der Waals surface area (Å²) in [6.45, 7) is 3.91. The standard InChI is InChI=1S/C17H28F6O2/c1-13(2)7-5-8-14(3)9-6-10-15(4,24-11-16(18,19)20)25-12-17(21,22)23/h9,13H,5-8,10-12H2,1-4H3/b14-9-. The molecule has 0 radical (unpaired) electrons. The Morgan fingerprint density at radius 1 is 0.960 bits per heavy atom. The Hall–Kier alpha value is -0.760. The van der Waals surface area contributed by atoms with E-state index >= 15 is 0 Å². The van der Waals surface area contributed by atoms with Crippen molar-refractivity contribution >= 4 is 0 Å². The van der Waals surface area contributed by atoms with E-state index in [2.05, 4.69) is 23.3 Å². The highest BCUT2D eigenvalue weighted by Crippen LogP contribution is 2.28. The Balaban J connectivity index is 4.60. The largest absolute Gasteiger partial charge is 0.411 e. The topological polar surface area (TPSA) is 18.5 Å². The molecule has 0 unspecified atom stereocenters. The van der Waals surface area contributed by atoms with Gasteiger partial charge >= 0.3 is 12.4 Å². The molecule has 0 aromatic carbocycles. The molecule has 0 fully saturated rings. The maximum Gasteiger partial charge on any atom is 0.411 e. The van der Waals surface area contributed by atoms with E-state index in [-0.39, 0.29) is 12.8 Å². The summed E-state index contributed by atoms with van der Waals surface area (Å²) in [7, 11) is 0. The van der Waals surface area contributed by atoms with Gasteiger partial charge in [0.15, 0.2) is 5.79 Å². The summed E-state index contributed by atoms with van der Waals surface area (Å²) in [5, 5.41) is 0. The number of hydrogen-bond acceptors (Lipinski definition) is 2. The number of halogens is 6. The predicted octanol–water partition coefficient (Wildman–Crippen LogP) is 6.41. The highest BCUT2D eigenvalue weighted by molar-refractivity contribution is 4.98. The Kier molecular flexibility index (Phi) is 10.1. The summed E-state index contributed by atoms with van der Waals surface area (Å²) < 4.78 is 83.0. The first-order chi connectivity index (χ1) is 11.2. The van der Waals surface area contributed by atoms with Crippen LogP contribution in [0.2, 0.25) is 0 Å². The van der Waals surface area contributed by atoms with Crippen LogP contribution in [-0.4, -0.2) is 31.4 Å². The highest BCUT2D eigenvalue weighted by atomic mass is 19.4. The molecule has 0 amide bonds. The van der Waals surface area contributed by atoms with Gasteiger partial charge in [0.1, 0.15) is 13.2 Å². The molecule has 0 rings (SSSR count). The average Bonchev–Trinajstić information content (AvgIpc) is 2.41. The summed E-state index contributed by atoms with van der Waals surface area (Å²) >= 11 is 0. The lowest BCUT2D eigenvalue weighted by Crippen LogP contribution is -2.39. The molecule has 0 bridgehead atoms. The maximum atomic E-state index is 12.3. The van der Waals surface area contributed by atoms with Gasteiger partial charge in [-0.2, -0.15) is 26.3 Å². The number of alkyl halides is 6. The monoisotopic (exact) mass is 378 g/mol. The number of allylic oxidation sites excluding steroid dienone is 2. The molecule has 0 saturated carbocycles. The molecule has 0 N–H and O–H groups in total. The lowest BCUT2D eigenvalue weighted by atomic mass is 10.0. The average molecular weight is 378 g/mol. The minimum Gasteiger partial charge on any atom is -0.341 e. The van der Waals surface area contributed by atoms with Crippen molar-refractivity contribution in [2.75, 3.05) is 13.2 Å². The molecule has 0 aromatic rings. The second-order valence-corrected chi connectivity index (χ2v) is 6.82. The van der Waals surface area contributed by atoms with Crippen molar-refractivity contribution in [1.82, 2.24) is 0 Å². The van der Waals surface area contributed by atoms with Gasteiger partial charge in [0.2, 0.25) is 0 Å². The number of ether oxygens (including phenoxy) is 2. The van der Waals surface area contributed by atoms with E-state index in [4.69, 9.17) is 0 Å². The third-order valence-electron chi connectivity index (χ3n) is 3.53. The van der Waals surface area contributed by atoms with Crippen molar-refractivity contribution in [3.8, 4) is 0 Å². The summed E-state index contributed by atoms with van der Waals surface area (Å²) in [5.74, 6) is -1.36. The van der Waals surface area contributed by atoms with Gasteiger partial charge in [-0.1, -0.05) is 31.9 Å². The Labute approximate surface area is 145 Å². The molecule has 0 aromatic heterocycles. The Morgan fingerprint density at radius 3 is 1.84 bits per heavy atom. The fourth-order valence-electron chi connectivity index (χ4n) is 2.13. The van der Waals surface area contributed by atoms with Crippen molar-refractivity contribution in [1.29, 1.82) is 0 Å². The minimum absolute atomic E-state index is 0.0965. The Bertz CT molecular complexity index is 381. The van der Waals surface area contributed by atoms with Crippen LogP contribution in [0.3, 0.4) is 0 Å². The summed E-state index contributed by atoms with van der Waals surface area (Å²) in [5.41, 5.74) is 1.05. The van der Waals surface area contributed by atoms with Gasteiger partial charge in [-0.05, 0) is 39.0 Å². The smallest absolute Gasteiger partial charge is 0.341 e. The van der Waals surface area contributed by atoms with Crippen LogP contribution in [0.5, 0.6) is 0 Å². The van der Waals surface area contributed by atoms with Crippen LogP contribution in [0.1, 0.15) is 59.8 Å². The third-order valence-corrected chi connectivity index (χ3v) is 3.53. The lowest BCUT2D eigenvalue weighted by molar-refractivity contribution is -0.305. The molecule has 2 nitrogen and oxygen atoms in total. The van der Waals surface area contributed by atoms with Crippen molar-refractivity contribution in [3.05, 3.63) is 11.6 Å². The van der Waals surface area contributed by atoms with Crippen LogP contribution in [0, 0.1) is 5.92 Å². The van der Waals surface area contributed by atoms with E-state index in [0.29, 0.717) is 5.92 Å². The van der Waals surface area contributed by atoms with E-state index in [1.54, 1.807) is 0 Å². The first-order valence-corrected chi connectivity index (χ1v) is 8.29. The molecule has 0 saturated heterocycles. The molecule has 0 aliphatic heterocycles.